The second-order valence-corrected chi connectivity index (χ2v) is 11.1. The monoisotopic (exact) mass is 512 g/mol. The Labute approximate surface area is 222 Å². The molecule has 196 valence electrons. The van der Waals surface area contributed by atoms with Crippen molar-refractivity contribution in [2.75, 3.05) is 12.1 Å². The Morgan fingerprint density at radius 2 is 1.76 bits per heavy atom. The Balaban J connectivity index is 1.41. The van der Waals surface area contributed by atoms with Crippen molar-refractivity contribution in [2.45, 2.75) is 52.1 Å². The van der Waals surface area contributed by atoms with Crippen LogP contribution in [0.4, 0.5) is 5.69 Å². The maximum absolute atomic E-state index is 13.7. The number of ether oxygens (including phenoxy) is 2. The van der Waals surface area contributed by atoms with Gasteiger partial charge in [0.1, 0.15) is 5.60 Å². The van der Waals surface area contributed by atoms with Crippen molar-refractivity contribution in [3.8, 4) is 11.5 Å². The van der Waals surface area contributed by atoms with E-state index < -0.39 is 0 Å². The number of benzene rings is 2. The number of carbonyl (C=O) groups excluding carboxylic acids is 2. The lowest BCUT2D eigenvalue weighted by Crippen LogP contribution is -2.45. The number of nitrogens with zero attached hydrogens (tertiary/aromatic N) is 3. The minimum atomic E-state index is -0.351. The van der Waals surface area contributed by atoms with E-state index in [0.717, 1.165) is 46.7 Å². The summed E-state index contributed by atoms with van der Waals surface area (Å²) in [6.45, 7) is 6.14. The van der Waals surface area contributed by atoms with E-state index in [-0.39, 0.29) is 35.2 Å². The van der Waals surface area contributed by atoms with Crippen molar-refractivity contribution in [2.24, 2.45) is 28.0 Å². The van der Waals surface area contributed by atoms with Gasteiger partial charge in [-0.2, -0.15) is 10.2 Å². The number of rotatable bonds is 4. The van der Waals surface area contributed by atoms with E-state index in [1.54, 1.807) is 12.1 Å². The predicted octanol–water partition coefficient (Wildman–Crippen LogP) is 4.60. The zero-order valence-corrected chi connectivity index (χ0v) is 22.2. The molecule has 3 unspecified atom stereocenters. The lowest BCUT2D eigenvalue weighted by molar-refractivity contribution is -0.124. The van der Waals surface area contributed by atoms with Gasteiger partial charge in [0, 0.05) is 35.8 Å². The summed E-state index contributed by atoms with van der Waals surface area (Å²) in [6.07, 6.45) is 6.86. The maximum Gasteiger partial charge on any atom is 0.251 e. The number of amides is 2. The van der Waals surface area contributed by atoms with Gasteiger partial charge in [-0.05, 0) is 56.5 Å². The smallest absolute Gasteiger partial charge is 0.251 e. The topological polar surface area (TPSA) is 92.6 Å². The third-order valence-corrected chi connectivity index (χ3v) is 7.89. The number of fused-ring (bicyclic) bond motifs is 2. The van der Waals surface area contributed by atoms with Crippen LogP contribution in [0.15, 0.2) is 58.8 Å². The lowest BCUT2D eigenvalue weighted by atomic mass is 9.75. The fourth-order valence-corrected chi connectivity index (χ4v) is 6.02. The van der Waals surface area contributed by atoms with E-state index in [9.17, 15) is 9.59 Å². The van der Waals surface area contributed by atoms with Gasteiger partial charge in [0.25, 0.3) is 5.91 Å². The van der Waals surface area contributed by atoms with Crippen LogP contribution in [0.5, 0.6) is 11.5 Å². The Hall–Kier alpha value is -3.94. The molecule has 1 aliphatic carbocycles. The van der Waals surface area contributed by atoms with E-state index in [1.807, 2.05) is 37.3 Å². The molecule has 0 aromatic heterocycles. The van der Waals surface area contributed by atoms with Crippen molar-refractivity contribution < 1.29 is 19.1 Å². The zero-order valence-electron chi connectivity index (χ0n) is 22.2. The van der Waals surface area contributed by atoms with Crippen molar-refractivity contribution in [3.05, 3.63) is 65.2 Å². The number of hydrogen-bond acceptors (Lipinski definition) is 6. The predicted molar refractivity (Wildman–Crippen MR) is 146 cm³/mol. The Morgan fingerprint density at radius 1 is 1.03 bits per heavy atom. The summed E-state index contributed by atoms with van der Waals surface area (Å²) in [6, 6.07) is 11.7. The summed E-state index contributed by atoms with van der Waals surface area (Å²) in [4.78, 5) is 25.4. The van der Waals surface area contributed by atoms with E-state index >= 15 is 0 Å². The summed E-state index contributed by atoms with van der Waals surface area (Å²) in [7, 11) is 1.65. The molecule has 2 amide bonds. The first-order valence-corrected chi connectivity index (χ1v) is 13.2. The summed E-state index contributed by atoms with van der Waals surface area (Å²) in [5, 5.41) is 10.8. The largest absolute Gasteiger partial charge is 0.493 e. The van der Waals surface area contributed by atoms with Crippen molar-refractivity contribution in [3.63, 3.8) is 0 Å². The van der Waals surface area contributed by atoms with E-state index in [2.05, 4.69) is 42.6 Å². The standard InChI is InChI=1S/C30H32N4O4/c1-17-15-25(35)31-32-26(17)18-9-11-19(12-10-18)34-29(36)22-8-6-5-7-20(22)27(33-34)21-13-14-24(37-4)28-23(21)16-30(2,3)38-28/h5-6,9-14,17,20,22H,7-8,15-16H2,1-4H3,(H,31,35). The van der Waals surface area contributed by atoms with E-state index in [4.69, 9.17) is 14.6 Å². The fourth-order valence-electron chi connectivity index (χ4n) is 6.02. The molecule has 2 aromatic rings. The van der Waals surface area contributed by atoms with Crippen LogP contribution in [0.1, 0.15) is 56.7 Å². The van der Waals surface area contributed by atoms with Gasteiger partial charge >= 0.3 is 0 Å². The molecule has 0 saturated carbocycles. The average Bonchev–Trinajstić information content (AvgIpc) is 3.24. The number of anilines is 1. The van der Waals surface area contributed by atoms with Crippen molar-refractivity contribution in [1.29, 1.82) is 0 Å². The summed E-state index contributed by atoms with van der Waals surface area (Å²) in [5.74, 6) is 1.26. The van der Waals surface area contributed by atoms with Gasteiger partial charge in [0.2, 0.25) is 5.91 Å². The molecule has 0 spiro atoms. The first-order chi connectivity index (χ1) is 18.3. The van der Waals surface area contributed by atoms with Crippen LogP contribution in [-0.4, -0.2) is 35.9 Å². The second-order valence-electron chi connectivity index (χ2n) is 11.1. The molecule has 0 fully saturated rings. The highest BCUT2D eigenvalue weighted by Crippen LogP contribution is 2.46. The first-order valence-electron chi connectivity index (χ1n) is 13.2. The third-order valence-electron chi connectivity index (χ3n) is 7.89. The first kappa shape index (κ1) is 24.4. The molecule has 3 atom stereocenters. The summed E-state index contributed by atoms with van der Waals surface area (Å²) >= 11 is 0. The van der Waals surface area contributed by atoms with Gasteiger partial charge < -0.3 is 9.47 Å². The van der Waals surface area contributed by atoms with E-state index in [0.29, 0.717) is 24.3 Å². The van der Waals surface area contributed by atoms with Gasteiger partial charge in [-0.1, -0.05) is 31.2 Å². The average molecular weight is 513 g/mol. The molecule has 0 bridgehead atoms. The molecule has 8 nitrogen and oxygen atoms in total. The molecule has 3 heterocycles. The number of allylic oxidation sites excluding steroid dienone is 2. The van der Waals surface area contributed by atoms with Gasteiger partial charge in [-0.15, -0.1) is 0 Å². The number of hydrazone groups is 2. The number of carbonyl (C=O) groups is 2. The molecule has 1 N–H and O–H groups in total. The summed E-state index contributed by atoms with van der Waals surface area (Å²) < 4.78 is 11.9. The molecule has 2 aromatic carbocycles. The van der Waals surface area contributed by atoms with Crippen LogP contribution < -0.4 is 19.9 Å². The quantitative estimate of drug-likeness (QED) is 0.606. The molecule has 0 radical (unpaired) electrons. The molecule has 38 heavy (non-hydrogen) atoms. The molecular weight excluding hydrogens is 480 g/mol. The maximum atomic E-state index is 13.7. The zero-order chi connectivity index (χ0) is 26.6. The van der Waals surface area contributed by atoms with E-state index in [1.165, 1.54) is 0 Å². The van der Waals surface area contributed by atoms with Gasteiger partial charge in [-0.25, -0.2) is 10.4 Å². The van der Waals surface area contributed by atoms with Crippen LogP contribution in [0.3, 0.4) is 0 Å². The third kappa shape index (κ3) is 4.08. The minimum absolute atomic E-state index is 0.00489. The number of methoxy groups -OCH3 is 1. The second kappa shape index (κ2) is 9.11. The SMILES string of the molecule is COc1ccc(C2=NN(c3ccc(C4=NNC(=O)CC4C)cc3)C(=O)C3CC=CCC23)c2c1OC(C)(C)C2. The molecular formula is C30H32N4O4. The molecule has 3 aliphatic heterocycles. The van der Waals surface area contributed by atoms with Gasteiger partial charge in [0.05, 0.1) is 30.1 Å². The lowest BCUT2D eigenvalue weighted by Gasteiger charge is -2.37. The highest BCUT2D eigenvalue weighted by molar-refractivity contribution is 6.13. The minimum Gasteiger partial charge on any atom is -0.493 e. The molecule has 8 heteroatoms. The van der Waals surface area contributed by atoms with Crippen LogP contribution in [-0.2, 0) is 16.0 Å². The van der Waals surface area contributed by atoms with Crippen LogP contribution in [0, 0.1) is 17.8 Å². The Kier molecular flexibility index (Phi) is 5.85. The fraction of sp³-hybridized carbons (Fsp3) is 0.400. The normalized spacial score (nSPS) is 25.6. The molecule has 4 aliphatic rings. The number of nitrogens with one attached hydrogen (secondary N) is 1. The van der Waals surface area contributed by atoms with Crippen molar-refractivity contribution in [1.82, 2.24) is 5.43 Å². The molecule has 6 rings (SSSR count). The van der Waals surface area contributed by atoms with Gasteiger partial charge in [0.15, 0.2) is 11.5 Å². The highest BCUT2D eigenvalue weighted by Gasteiger charge is 2.43. The van der Waals surface area contributed by atoms with Crippen molar-refractivity contribution >= 4 is 28.9 Å². The molecule has 0 saturated heterocycles. The Bertz CT molecular complexity index is 1410. The van der Waals surface area contributed by atoms with Gasteiger partial charge in [-0.3, -0.25) is 9.59 Å². The summed E-state index contributed by atoms with van der Waals surface area (Å²) in [5.41, 5.74) is 7.69. The Morgan fingerprint density at radius 3 is 2.47 bits per heavy atom. The van der Waals surface area contributed by atoms with Crippen LogP contribution in [0.2, 0.25) is 0 Å². The number of hydrogen-bond donors (Lipinski definition) is 1. The van der Waals surface area contributed by atoms with Crippen LogP contribution in [0.25, 0.3) is 0 Å². The highest BCUT2D eigenvalue weighted by atomic mass is 16.5. The van der Waals surface area contributed by atoms with Crippen LogP contribution >= 0.6 is 0 Å².